The predicted octanol–water partition coefficient (Wildman–Crippen LogP) is 21.7. The summed E-state index contributed by atoms with van der Waals surface area (Å²) in [6.45, 7) is 6.16. The molecule has 6 heteroatoms. The molecule has 0 aliphatic heterocycles. The van der Waals surface area contributed by atoms with Crippen LogP contribution in [0.3, 0.4) is 0 Å². The van der Waals surface area contributed by atoms with Crippen molar-refractivity contribution in [3.05, 3.63) is 182 Å². The van der Waals surface area contributed by atoms with Crippen molar-refractivity contribution in [1.29, 1.82) is 0 Å². The van der Waals surface area contributed by atoms with E-state index in [2.05, 4.69) is 191 Å². The number of carbonyl (C=O) groups is 3. The monoisotopic (exact) mass is 1080 g/mol. The Hall–Kier alpha value is -5.49. The normalized spacial score (nSPS) is 13.4. The lowest BCUT2D eigenvalue weighted by Gasteiger charge is -2.18. The maximum atomic E-state index is 12.8. The summed E-state index contributed by atoms with van der Waals surface area (Å²) in [7, 11) is 0. The Kier molecular flexibility index (Phi) is 60.5. The molecule has 0 aromatic rings. The van der Waals surface area contributed by atoms with Gasteiger partial charge in [-0.15, -0.1) is 0 Å². The fourth-order valence-electron chi connectivity index (χ4n) is 7.86. The fourth-order valence-corrected chi connectivity index (χ4v) is 7.86. The first-order chi connectivity index (χ1) is 39.0. The number of hydrogen-bond acceptors (Lipinski definition) is 6. The van der Waals surface area contributed by atoms with Gasteiger partial charge >= 0.3 is 17.9 Å². The molecule has 0 saturated carbocycles. The van der Waals surface area contributed by atoms with Gasteiger partial charge in [0.1, 0.15) is 13.2 Å². The predicted molar refractivity (Wildman–Crippen MR) is 343 cm³/mol. The maximum Gasteiger partial charge on any atom is 0.310 e. The van der Waals surface area contributed by atoms with E-state index in [4.69, 9.17) is 14.2 Å². The average Bonchev–Trinajstić information content (AvgIpc) is 3.45. The van der Waals surface area contributed by atoms with Gasteiger partial charge in [0.15, 0.2) is 6.10 Å². The standard InChI is InChI=1S/C73H112O6/c1-4-7-10-13-16-19-22-25-28-29-30-31-32-33-34-35-36-37-38-39-40-41-42-43-46-48-51-54-57-60-63-66-72(75)78-69-70(79-73(76)67-64-61-58-55-52-49-45-27-24-21-18-15-12-9-6-3)68-77-71(74)65-62-59-56-53-50-47-44-26-23-20-17-14-11-8-5-2/h7-12,16-21,25-28,30-31,33-34,36-37,44-45,50,52-53,55,61,64,70H,4-6,13-15,22-24,29,32,35,38-43,46-49,51,54,56-60,62-63,65-69H2,1-3H3/b10-7-,11-8-,12-9-,19-16-,20-17-,21-18-,28-25-,31-30-,34-33-,37-36-,44-26-,45-27-,53-50-,55-52-,64-61-. The van der Waals surface area contributed by atoms with Crippen molar-refractivity contribution in [3.8, 4) is 0 Å². The van der Waals surface area contributed by atoms with Gasteiger partial charge in [-0.05, 0) is 135 Å². The van der Waals surface area contributed by atoms with E-state index >= 15 is 0 Å². The Morgan fingerprint density at radius 3 is 0.797 bits per heavy atom. The third-order valence-electron chi connectivity index (χ3n) is 12.4. The summed E-state index contributed by atoms with van der Waals surface area (Å²) in [6.07, 6.45) is 97.9. The zero-order chi connectivity index (χ0) is 57.1. The summed E-state index contributed by atoms with van der Waals surface area (Å²) in [4.78, 5) is 38.2. The smallest absolute Gasteiger partial charge is 0.310 e. The molecule has 0 heterocycles. The molecular formula is C73H112O6. The van der Waals surface area contributed by atoms with Gasteiger partial charge in [-0.3, -0.25) is 14.4 Å². The van der Waals surface area contributed by atoms with Crippen molar-refractivity contribution >= 4 is 17.9 Å². The van der Waals surface area contributed by atoms with Crippen LogP contribution in [-0.2, 0) is 28.6 Å². The zero-order valence-electron chi connectivity index (χ0n) is 50.3. The number of unbranched alkanes of at least 4 members (excludes halogenated alkanes) is 14. The number of carbonyl (C=O) groups excluding carboxylic acids is 3. The van der Waals surface area contributed by atoms with Crippen molar-refractivity contribution in [2.45, 2.75) is 245 Å². The number of ether oxygens (including phenoxy) is 3. The molecule has 1 unspecified atom stereocenters. The van der Waals surface area contributed by atoms with Crippen LogP contribution in [0.2, 0.25) is 0 Å². The number of hydrogen-bond donors (Lipinski definition) is 0. The van der Waals surface area contributed by atoms with Crippen molar-refractivity contribution < 1.29 is 28.6 Å². The van der Waals surface area contributed by atoms with Crippen LogP contribution in [-0.4, -0.2) is 37.2 Å². The van der Waals surface area contributed by atoms with Gasteiger partial charge < -0.3 is 14.2 Å². The lowest BCUT2D eigenvalue weighted by atomic mass is 10.0. The molecule has 0 aliphatic carbocycles. The molecule has 0 radical (unpaired) electrons. The Labute approximate surface area is 484 Å². The minimum Gasteiger partial charge on any atom is -0.462 e. The van der Waals surface area contributed by atoms with E-state index in [1.165, 1.54) is 64.2 Å². The topological polar surface area (TPSA) is 78.9 Å². The Balaban J connectivity index is 4.39. The summed E-state index contributed by atoms with van der Waals surface area (Å²) in [5, 5.41) is 0. The van der Waals surface area contributed by atoms with E-state index in [0.29, 0.717) is 19.3 Å². The molecule has 0 spiro atoms. The molecular weight excluding hydrogens is 973 g/mol. The van der Waals surface area contributed by atoms with Crippen LogP contribution in [0.4, 0.5) is 0 Å². The highest BCUT2D eigenvalue weighted by atomic mass is 16.6. The minimum absolute atomic E-state index is 0.0789. The first-order valence-electron chi connectivity index (χ1n) is 31.3. The van der Waals surface area contributed by atoms with Gasteiger partial charge in [-0.2, -0.15) is 0 Å². The molecule has 79 heavy (non-hydrogen) atoms. The van der Waals surface area contributed by atoms with Gasteiger partial charge in [0.2, 0.25) is 0 Å². The third-order valence-corrected chi connectivity index (χ3v) is 12.4. The fraction of sp³-hybridized carbons (Fsp3) is 0.548. The highest BCUT2D eigenvalue weighted by Crippen LogP contribution is 2.14. The molecule has 0 N–H and O–H groups in total. The summed E-state index contributed by atoms with van der Waals surface area (Å²) in [5.74, 6) is -1.12. The molecule has 0 aromatic heterocycles. The second-order valence-electron chi connectivity index (χ2n) is 19.8. The van der Waals surface area contributed by atoms with Gasteiger partial charge in [0.05, 0.1) is 6.42 Å². The Morgan fingerprint density at radius 1 is 0.266 bits per heavy atom. The summed E-state index contributed by atoms with van der Waals surface area (Å²) in [6, 6.07) is 0. The first kappa shape index (κ1) is 73.5. The van der Waals surface area contributed by atoms with Crippen molar-refractivity contribution in [2.24, 2.45) is 0 Å². The summed E-state index contributed by atoms with van der Waals surface area (Å²) >= 11 is 0. The quantitative estimate of drug-likeness (QED) is 0.0261. The van der Waals surface area contributed by atoms with E-state index in [-0.39, 0.29) is 38.0 Å². The molecule has 0 bridgehead atoms. The zero-order valence-corrected chi connectivity index (χ0v) is 50.3. The van der Waals surface area contributed by atoms with Crippen molar-refractivity contribution in [3.63, 3.8) is 0 Å². The van der Waals surface area contributed by atoms with Crippen LogP contribution in [0.25, 0.3) is 0 Å². The summed E-state index contributed by atoms with van der Waals surface area (Å²) in [5.41, 5.74) is 0. The van der Waals surface area contributed by atoms with E-state index < -0.39 is 12.1 Å². The van der Waals surface area contributed by atoms with Crippen molar-refractivity contribution in [1.82, 2.24) is 0 Å². The summed E-state index contributed by atoms with van der Waals surface area (Å²) < 4.78 is 16.7. The number of rotatable bonds is 54. The molecule has 0 aromatic carbocycles. The number of allylic oxidation sites excluding steroid dienone is 29. The lowest BCUT2D eigenvalue weighted by molar-refractivity contribution is -0.166. The molecule has 0 fully saturated rings. The van der Waals surface area contributed by atoms with Gasteiger partial charge in [0, 0.05) is 12.8 Å². The minimum atomic E-state index is -0.860. The third kappa shape index (κ3) is 63.2. The van der Waals surface area contributed by atoms with E-state index in [1.807, 2.05) is 6.08 Å². The highest BCUT2D eigenvalue weighted by molar-refractivity contribution is 5.72. The molecule has 0 amide bonds. The van der Waals surface area contributed by atoms with Gasteiger partial charge in [-0.1, -0.05) is 267 Å². The van der Waals surface area contributed by atoms with Gasteiger partial charge in [0.25, 0.3) is 0 Å². The van der Waals surface area contributed by atoms with E-state index in [0.717, 1.165) is 122 Å². The van der Waals surface area contributed by atoms with Crippen LogP contribution in [0.5, 0.6) is 0 Å². The second-order valence-corrected chi connectivity index (χ2v) is 19.8. The first-order valence-corrected chi connectivity index (χ1v) is 31.3. The van der Waals surface area contributed by atoms with Crippen molar-refractivity contribution in [2.75, 3.05) is 13.2 Å². The second kappa shape index (κ2) is 65.0. The Bertz CT molecular complexity index is 1870. The average molecular weight is 1090 g/mol. The molecule has 6 nitrogen and oxygen atoms in total. The van der Waals surface area contributed by atoms with Crippen LogP contribution >= 0.6 is 0 Å². The van der Waals surface area contributed by atoms with Crippen LogP contribution in [0.15, 0.2) is 182 Å². The molecule has 1 atom stereocenters. The molecule has 440 valence electrons. The van der Waals surface area contributed by atoms with Crippen LogP contribution in [0, 0.1) is 0 Å². The van der Waals surface area contributed by atoms with Crippen LogP contribution in [0.1, 0.15) is 239 Å². The molecule has 0 aliphatic rings. The molecule has 0 rings (SSSR count). The number of esters is 3. The lowest BCUT2D eigenvalue weighted by Crippen LogP contribution is -2.30. The van der Waals surface area contributed by atoms with E-state index in [1.54, 1.807) is 6.08 Å². The highest BCUT2D eigenvalue weighted by Gasteiger charge is 2.19. The molecule has 0 saturated heterocycles. The van der Waals surface area contributed by atoms with E-state index in [9.17, 15) is 14.4 Å². The SMILES string of the molecule is CC/C=C\C/C=C\C/C=C\C/C=C\C/C=C\C/C=C\CCCCCCCCCCCCCCC(=O)OCC(COC(=O)CCCC/C=C\C/C=C\C/C=C\C/C=C\CC)OC(=O)C/C=C\C/C=C\C/C=C\C/C=C\C/C=C\CC. The largest absolute Gasteiger partial charge is 0.462 e. The van der Waals surface area contributed by atoms with Gasteiger partial charge in [-0.25, -0.2) is 0 Å². The Morgan fingerprint density at radius 2 is 0.494 bits per heavy atom. The maximum absolute atomic E-state index is 12.8. The van der Waals surface area contributed by atoms with Crippen LogP contribution < -0.4 is 0 Å².